The van der Waals surface area contributed by atoms with Crippen LogP contribution in [-0.4, -0.2) is 19.9 Å². The molecule has 0 bridgehead atoms. The molecule has 0 amide bonds. The number of hydrogen-bond donors (Lipinski definition) is 2. The van der Waals surface area contributed by atoms with E-state index in [2.05, 4.69) is 15.4 Å². The van der Waals surface area contributed by atoms with Gasteiger partial charge in [-0.3, -0.25) is 0 Å². The first-order valence-electron chi connectivity index (χ1n) is 7.52. The first-order valence-corrected chi connectivity index (χ1v) is 8.27. The summed E-state index contributed by atoms with van der Waals surface area (Å²) in [6.07, 6.45) is 2.22. The fraction of sp³-hybridized carbons (Fsp3) is 0.176. The zero-order chi connectivity index (χ0) is 16.7. The number of hydrogen-bond acceptors (Lipinski definition) is 4. The number of phenolic OH excluding ortho intramolecular Hbond substituents is 1. The van der Waals surface area contributed by atoms with Crippen LogP contribution in [0.1, 0.15) is 29.6 Å². The van der Waals surface area contributed by atoms with Crippen molar-refractivity contribution in [3.05, 3.63) is 70.0 Å². The molecule has 1 aliphatic rings. The number of nitrogens with zero attached hydrogens (tertiary/aromatic N) is 3. The topological polar surface area (TPSA) is 63.0 Å². The van der Waals surface area contributed by atoms with Crippen LogP contribution in [0, 0.1) is 0 Å². The molecule has 3 aromatic rings. The number of fused-ring (bicyclic) bond motifs is 1. The molecule has 1 aliphatic heterocycles. The molecule has 2 heterocycles. The average molecular weight is 361 g/mol. The highest BCUT2D eigenvalue weighted by atomic mass is 35.5. The van der Waals surface area contributed by atoms with Crippen LogP contribution in [-0.2, 0) is 0 Å². The number of halogens is 2. The fourth-order valence-corrected chi connectivity index (χ4v) is 3.40. The smallest absolute Gasteiger partial charge is 0.222 e. The second kappa shape index (κ2) is 6.00. The second-order valence-corrected chi connectivity index (χ2v) is 6.60. The SMILES string of the molecule is Oc1ccc(Cl)cc1C1CC(c2ccc(Cl)cc2)n2ncnc2N1. The number of phenols is 1. The van der Waals surface area contributed by atoms with Gasteiger partial charge in [0, 0.05) is 15.6 Å². The molecule has 2 unspecified atom stereocenters. The normalized spacial score (nSPS) is 19.6. The Morgan fingerprint density at radius 2 is 1.83 bits per heavy atom. The molecule has 24 heavy (non-hydrogen) atoms. The molecule has 0 saturated heterocycles. The van der Waals surface area contributed by atoms with Crippen molar-refractivity contribution in [1.29, 1.82) is 0 Å². The summed E-state index contributed by atoms with van der Waals surface area (Å²) in [5, 5.41) is 19.1. The van der Waals surface area contributed by atoms with Crippen LogP contribution in [0.2, 0.25) is 10.0 Å². The lowest BCUT2D eigenvalue weighted by Crippen LogP contribution is -2.28. The van der Waals surface area contributed by atoms with Crippen molar-refractivity contribution in [3.8, 4) is 5.75 Å². The van der Waals surface area contributed by atoms with Gasteiger partial charge in [0.25, 0.3) is 0 Å². The number of benzene rings is 2. The van der Waals surface area contributed by atoms with Gasteiger partial charge in [0.05, 0.1) is 12.1 Å². The Labute approximate surface area is 148 Å². The van der Waals surface area contributed by atoms with Gasteiger partial charge in [0.15, 0.2) is 0 Å². The molecule has 2 N–H and O–H groups in total. The molecule has 122 valence electrons. The Morgan fingerprint density at radius 3 is 2.62 bits per heavy atom. The molecule has 0 aliphatic carbocycles. The molecular formula is C17H14Cl2N4O. The van der Waals surface area contributed by atoms with E-state index in [1.165, 1.54) is 6.33 Å². The second-order valence-electron chi connectivity index (χ2n) is 5.73. The first kappa shape index (κ1) is 15.3. The lowest BCUT2D eigenvalue weighted by molar-refractivity contribution is 0.414. The number of nitrogens with one attached hydrogen (secondary N) is 1. The van der Waals surface area contributed by atoms with Crippen LogP contribution < -0.4 is 5.32 Å². The lowest BCUT2D eigenvalue weighted by atomic mass is 9.93. The van der Waals surface area contributed by atoms with Gasteiger partial charge in [-0.05, 0) is 42.3 Å². The minimum Gasteiger partial charge on any atom is -0.508 e. The van der Waals surface area contributed by atoms with E-state index in [1.54, 1.807) is 18.2 Å². The fourth-order valence-electron chi connectivity index (χ4n) is 3.09. The third kappa shape index (κ3) is 2.70. The number of anilines is 1. The minimum atomic E-state index is -0.124. The van der Waals surface area contributed by atoms with Gasteiger partial charge in [-0.25, -0.2) is 4.68 Å². The summed E-state index contributed by atoms with van der Waals surface area (Å²) in [6, 6.07) is 12.6. The Hall–Kier alpha value is -2.24. The van der Waals surface area contributed by atoms with Gasteiger partial charge in [0.2, 0.25) is 5.95 Å². The van der Waals surface area contributed by atoms with Crippen LogP contribution in [0.15, 0.2) is 48.8 Å². The van der Waals surface area contributed by atoms with E-state index in [0.29, 0.717) is 22.4 Å². The first-order chi connectivity index (χ1) is 11.6. The van der Waals surface area contributed by atoms with E-state index < -0.39 is 0 Å². The Balaban J connectivity index is 1.76. The van der Waals surface area contributed by atoms with Crippen molar-refractivity contribution in [2.75, 3.05) is 5.32 Å². The van der Waals surface area contributed by atoms with E-state index in [9.17, 15) is 5.11 Å². The van der Waals surface area contributed by atoms with E-state index in [-0.39, 0.29) is 17.8 Å². The standard InChI is InChI=1S/C17H14Cl2N4O/c18-11-3-1-10(2-4-11)15-8-14(22-17-20-9-21-23(15)17)13-7-12(19)5-6-16(13)24/h1-7,9,14-15,24H,8H2,(H,20,21,22). The van der Waals surface area contributed by atoms with Gasteiger partial charge < -0.3 is 10.4 Å². The van der Waals surface area contributed by atoms with Crippen LogP contribution in [0.4, 0.5) is 5.95 Å². The molecule has 0 radical (unpaired) electrons. The zero-order valence-corrected chi connectivity index (χ0v) is 14.0. The van der Waals surface area contributed by atoms with E-state index >= 15 is 0 Å². The van der Waals surface area contributed by atoms with Gasteiger partial charge in [-0.15, -0.1) is 0 Å². The van der Waals surface area contributed by atoms with Crippen LogP contribution in [0.3, 0.4) is 0 Å². The Bertz CT molecular complexity index is 879. The molecular weight excluding hydrogens is 347 g/mol. The largest absolute Gasteiger partial charge is 0.508 e. The highest BCUT2D eigenvalue weighted by Gasteiger charge is 2.31. The highest BCUT2D eigenvalue weighted by Crippen LogP contribution is 2.40. The minimum absolute atomic E-state index is 0.00982. The van der Waals surface area contributed by atoms with Crippen molar-refractivity contribution in [3.63, 3.8) is 0 Å². The third-order valence-corrected chi connectivity index (χ3v) is 4.74. The molecule has 5 nitrogen and oxygen atoms in total. The number of rotatable bonds is 2. The predicted octanol–water partition coefficient (Wildman–Crippen LogP) is 4.44. The van der Waals surface area contributed by atoms with Gasteiger partial charge in [-0.1, -0.05) is 35.3 Å². The third-order valence-electron chi connectivity index (χ3n) is 4.25. The van der Waals surface area contributed by atoms with Crippen molar-refractivity contribution in [1.82, 2.24) is 14.8 Å². The van der Waals surface area contributed by atoms with E-state index in [1.807, 2.05) is 28.9 Å². The Morgan fingerprint density at radius 1 is 1.08 bits per heavy atom. The van der Waals surface area contributed by atoms with Crippen molar-refractivity contribution < 1.29 is 5.11 Å². The van der Waals surface area contributed by atoms with E-state index in [0.717, 1.165) is 11.1 Å². The summed E-state index contributed by atoms with van der Waals surface area (Å²) >= 11 is 12.1. The van der Waals surface area contributed by atoms with E-state index in [4.69, 9.17) is 23.2 Å². The lowest BCUT2D eigenvalue weighted by Gasteiger charge is -2.32. The maximum absolute atomic E-state index is 10.2. The maximum Gasteiger partial charge on any atom is 0.222 e. The van der Waals surface area contributed by atoms with Crippen LogP contribution in [0.5, 0.6) is 5.75 Å². The van der Waals surface area contributed by atoms with Gasteiger partial charge in [0.1, 0.15) is 12.1 Å². The summed E-state index contributed by atoms with van der Waals surface area (Å²) in [5.74, 6) is 0.866. The summed E-state index contributed by atoms with van der Waals surface area (Å²) in [5.41, 5.74) is 1.83. The zero-order valence-electron chi connectivity index (χ0n) is 12.5. The molecule has 0 fully saturated rings. The average Bonchev–Trinajstić information content (AvgIpc) is 3.05. The molecule has 4 rings (SSSR count). The number of aromatic nitrogens is 3. The molecule has 1 aromatic heterocycles. The predicted molar refractivity (Wildman–Crippen MR) is 93.7 cm³/mol. The molecule has 0 spiro atoms. The van der Waals surface area contributed by atoms with Gasteiger partial charge >= 0.3 is 0 Å². The van der Waals surface area contributed by atoms with Crippen LogP contribution in [0.25, 0.3) is 0 Å². The summed E-state index contributed by atoms with van der Waals surface area (Å²) in [6.45, 7) is 0. The molecule has 2 atom stereocenters. The van der Waals surface area contributed by atoms with Crippen molar-refractivity contribution in [2.24, 2.45) is 0 Å². The van der Waals surface area contributed by atoms with Crippen LogP contribution >= 0.6 is 23.2 Å². The quantitative estimate of drug-likeness (QED) is 0.709. The molecule has 2 aromatic carbocycles. The highest BCUT2D eigenvalue weighted by molar-refractivity contribution is 6.30. The molecule has 7 heteroatoms. The summed E-state index contributed by atoms with van der Waals surface area (Å²) in [4.78, 5) is 4.28. The summed E-state index contributed by atoms with van der Waals surface area (Å²) in [7, 11) is 0. The Kier molecular flexibility index (Phi) is 3.82. The monoisotopic (exact) mass is 360 g/mol. The summed E-state index contributed by atoms with van der Waals surface area (Å²) < 4.78 is 1.85. The maximum atomic E-state index is 10.2. The van der Waals surface area contributed by atoms with Crippen molar-refractivity contribution >= 4 is 29.2 Å². The number of aromatic hydroxyl groups is 1. The molecule has 0 saturated carbocycles. The van der Waals surface area contributed by atoms with Crippen molar-refractivity contribution in [2.45, 2.75) is 18.5 Å². The van der Waals surface area contributed by atoms with Gasteiger partial charge in [-0.2, -0.15) is 10.1 Å².